The zero-order valence-electron chi connectivity index (χ0n) is 17.1. The molecule has 0 aliphatic heterocycles. The lowest BCUT2D eigenvalue weighted by Crippen LogP contribution is -2.48. The standard InChI is InChI=1S/C22H40Si/c1-19(2)15-9-12-22(19,6)18(13-15)23(7,8)17-14-21(5)11-10-16(17)20(21,3)4/h15-18H,9-14H2,1-8H3. The first-order valence-electron chi connectivity index (χ1n) is 10.4. The Morgan fingerprint density at radius 2 is 1.48 bits per heavy atom. The normalized spacial score (nSPS) is 53.2. The van der Waals surface area contributed by atoms with Gasteiger partial charge < -0.3 is 0 Å². The summed E-state index contributed by atoms with van der Waals surface area (Å²) < 4.78 is 0. The number of rotatable bonds is 2. The van der Waals surface area contributed by atoms with Gasteiger partial charge in [-0.05, 0) is 83.1 Å². The Morgan fingerprint density at radius 3 is 1.87 bits per heavy atom. The minimum Gasteiger partial charge on any atom is -0.0689 e. The van der Waals surface area contributed by atoms with Gasteiger partial charge in [-0.1, -0.05) is 54.6 Å². The first-order chi connectivity index (χ1) is 10.4. The molecule has 4 aliphatic rings. The van der Waals surface area contributed by atoms with E-state index in [1.54, 1.807) is 12.8 Å². The third-order valence-electron chi connectivity index (χ3n) is 11.3. The van der Waals surface area contributed by atoms with Gasteiger partial charge in [0.2, 0.25) is 0 Å². The molecule has 0 aromatic rings. The summed E-state index contributed by atoms with van der Waals surface area (Å²) in [4.78, 5) is 0. The van der Waals surface area contributed by atoms with Crippen LogP contribution in [-0.2, 0) is 0 Å². The van der Waals surface area contributed by atoms with Crippen molar-refractivity contribution in [3.63, 3.8) is 0 Å². The van der Waals surface area contributed by atoms with Crippen molar-refractivity contribution >= 4 is 8.07 Å². The highest BCUT2D eigenvalue weighted by Crippen LogP contribution is 2.78. The van der Waals surface area contributed by atoms with Gasteiger partial charge in [0.05, 0.1) is 8.07 Å². The van der Waals surface area contributed by atoms with Crippen LogP contribution in [0.15, 0.2) is 0 Å². The molecule has 0 radical (unpaired) electrons. The Labute approximate surface area is 146 Å². The monoisotopic (exact) mass is 332 g/mol. The molecule has 4 bridgehead atoms. The van der Waals surface area contributed by atoms with Gasteiger partial charge in [-0.2, -0.15) is 0 Å². The Bertz CT molecular complexity index is 527. The summed E-state index contributed by atoms with van der Waals surface area (Å²) in [7, 11) is -1.24. The molecule has 0 aromatic carbocycles. The van der Waals surface area contributed by atoms with Gasteiger partial charge in [-0.3, -0.25) is 0 Å². The van der Waals surface area contributed by atoms with Crippen LogP contribution in [0.1, 0.15) is 80.1 Å². The van der Waals surface area contributed by atoms with Crippen molar-refractivity contribution < 1.29 is 0 Å². The minimum absolute atomic E-state index is 0.593. The molecule has 0 N–H and O–H groups in total. The highest BCUT2D eigenvalue weighted by molar-refractivity contribution is 6.80. The largest absolute Gasteiger partial charge is 0.0689 e. The molecule has 4 rings (SSSR count). The van der Waals surface area contributed by atoms with E-state index in [0.29, 0.717) is 21.7 Å². The summed E-state index contributed by atoms with van der Waals surface area (Å²) in [6.07, 6.45) is 9.19. The van der Waals surface area contributed by atoms with Crippen molar-refractivity contribution in [2.75, 3.05) is 0 Å². The lowest BCUT2D eigenvalue weighted by atomic mass is 9.71. The molecule has 132 valence electrons. The van der Waals surface area contributed by atoms with Gasteiger partial charge in [0, 0.05) is 0 Å². The molecule has 23 heavy (non-hydrogen) atoms. The fourth-order valence-corrected chi connectivity index (χ4v) is 14.8. The van der Waals surface area contributed by atoms with Gasteiger partial charge in [0.1, 0.15) is 0 Å². The van der Waals surface area contributed by atoms with Crippen molar-refractivity contribution in [2.24, 2.45) is 33.5 Å². The van der Waals surface area contributed by atoms with Gasteiger partial charge in [-0.25, -0.2) is 0 Å². The Morgan fingerprint density at radius 1 is 0.826 bits per heavy atom. The molecular weight excluding hydrogens is 292 g/mol. The molecule has 0 amide bonds. The van der Waals surface area contributed by atoms with Crippen molar-refractivity contribution in [1.82, 2.24) is 0 Å². The molecule has 0 nitrogen and oxygen atoms in total. The maximum atomic E-state index is 2.81. The maximum absolute atomic E-state index is 2.81. The van der Waals surface area contributed by atoms with E-state index in [9.17, 15) is 0 Å². The Hall–Kier alpha value is 0.217. The van der Waals surface area contributed by atoms with Crippen LogP contribution in [-0.4, -0.2) is 8.07 Å². The highest BCUT2D eigenvalue weighted by Gasteiger charge is 2.69. The van der Waals surface area contributed by atoms with E-state index in [4.69, 9.17) is 0 Å². The zero-order valence-corrected chi connectivity index (χ0v) is 18.1. The molecule has 6 atom stereocenters. The summed E-state index contributed by atoms with van der Waals surface area (Å²) in [5.74, 6) is 2.05. The second-order valence-corrected chi connectivity index (χ2v) is 17.3. The van der Waals surface area contributed by atoms with Gasteiger partial charge >= 0.3 is 0 Å². The lowest BCUT2D eigenvalue weighted by Gasteiger charge is -2.50. The molecule has 6 unspecified atom stereocenters. The summed E-state index contributed by atoms with van der Waals surface area (Å²) in [6, 6.07) is 0. The second kappa shape index (κ2) is 4.30. The quantitative estimate of drug-likeness (QED) is 0.472. The minimum atomic E-state index is -1.24. The summed E-state index contributed by atoms with van der Waals surface area (Å²) in [6.45, 7) is 21.4. The van der Waals surface area contributed by atoms with Gasteiger partial charge in [-0.15, -0.1) is 0 Å². The van der Waals surface area contributed by atoms with E-state index in [2.05, 4.69) is 54.6 Å². The summed E-state index contributed by atoms with van der Waals surface area (Å²) in [5, 5.41) is 0. The molecule has 4 saturated carbocycles. The number of fused-ring (bicyclic) bond motifs is 4. The van der Waals surface area contributed by atoms with Crippen LogP contribution in [0.4, 0.5) is 0 Å². The van der Waals surface area contributed by atoms with E-state index in [1.165, 1.54) is 25.7 Å². The predicted octanol–water partition coefficient (Wildman–Crippen LogP) is 7.13. The average Bonchev–Trinajstić information content (AvgIpc) is 2.96. The van der Waals surface area contributed by atoms with E-state index in [-0.39, 0.29) is 0 Å². The number of hydrogen-bond acceptors (Lipinski definition) is 0. The van der Waals surface area contributed by atoms with Crippen LogP contribution in [0.3, 0.4) is 0 Å². The van der Waals surface area contributed by atoms with Crippen molar-refractivity contribution in [3.05, 3.63) is 0 Å². The third-order valence-corrected chi connectivity index (χ3v) is 16.5. The van der Waals surface area contributed by atoms with Crippen LogP contribution in [0.2, 0.25) is 24.2 Å². The molecule has 1 heteroatoms. The van der Waals surface area contributed by atoms with E-state index in [0.717, 1.165) is 22.9 Å². The molecule has 4 fully saturated rings. The van der Waals surface area contributed by atoms with Crippen LogP contribution in [0, 0.1) is 33.5 Å². The topological polar surface area (TPSA) is 0 Å². The lowest BCUT2D eigenvalue weighted by molar-refractivity contribution is 0.148. The third kappa shape index (κ3) is 1.69. The van der Waals surface area contributed by atoms with Crippen molar-refractivity contribution in [1.29, 1.82) is 0 Å². The fourth-order valence-electron chi connectivity index (χ4n) is 8.67. The second-order valence-electron chi connectivity index (χ2n) is 12.2. The fraction of sp³-hybridized carbons (Fsp3) is 1.00. The van der Waals surface area contributed by atoms with Crippen LogP contribution >= 0.6 is 0 Å². The molecule has 4 aliphatic carbocycles. The molecule has 0 heterocycles. The van der Waals surface area contributed by atoms with Crippen molar-refractivity contribution in [2.45, 2.75) is 104 Å². The molecule has 0 spiro atoms. The van der Waals surface area contributed by atoms with Crippen LogP contribution in [0.5, 0.6) is 0 Å². The molecular formula is C22H40Si. The first-order valence-corrected chi connectivity index (χ1v) is 13.5. The van der Waals surface area contributed by atoms with Crippen molar-refractivity contribution in [3.8, 4) is 0 Å². The predicted molar refractivity (Wildman–Crippen MR) is 103 cm³/mol. The van der Waals surface area contributed by atoms with Gasteiger partial charge in [0.25, 0.3) is 0 Å². The van der Waals surface area contributed by atoms with E-state index in [1.807, 2.05) is 0 Å². The first kappa shape index (κ1) is 16.7. The summed E-state index contributed by atoms with van der Waals surface area (Å²) in [5.41, 5.74) is 4.64. The summed E-state index contributed by atoms with van der Waals surface area (Å²) >= 11 is 0. The number of hydrogen-bond donors (Lipinski definition) is 0. The van der Waals surface area contributed by atoms with Crippen LogP contribution in [0.25, 0.3) is 0 Å². The Balaban J connectivity index is 1.68. The van der Waals surface area contributed by atoms with Crippen LogP contribution < -0.4 is 0 Å². The molecule has 0 saturated heterocycles. The SMILES string of the molecule is CC12CCC(C([Si](C)(C)C3CC4CCC3(C)C4(C)C)C1)C2(C)C. The zero-order chi connectivity index (χ0) is 17.1. The maximum Gasteiger partial charge on any atom is 0.0544 e. The highest BCUT2D eigenvalue weighted by atomic mass is 28.3. The Kier molecular flexibility index (Phi) is 3.12. The molecule has 0 aromatic heterocycles. The average molecular weight is 333 g/mol. The van der Waals surface area contributed by atoms with E-state index < -0.39 is 8.07 Å². The smallest absolute Gasteiger partial charge is 0.0544 e. The van der Waals surface area contributed by atoms with Gasteiger partial charge in [0.15, 0.2) is 0 Å². The van der Waals surface area contributed by atoms with E-state index >= 15 is 0 Å².